The molecule has 1 aromatic carbocycles. The van der Waals surface area contributed by atoms with E-state index in [9.17, 15) is 0 Å². The molecule has 0 bridgehead atoms. The van der Waals surface area contributed by atoms with Gasteiger partial charge in [-0.3, -0.25) is 3.97 Å². The van der Waals surface area contributed by atoms with Crippen molar-refractivity contribution in [3.8, 4) is 0 Å². The number of fused-ring (bicyclic) bond motifs is 1. The van der Waals surface area contributed by atoms with Crippen LogP contribution in [0.4, 0.5) is 0 Å². The lowest BCUT2D eigenvalue weighted by Crippen LogP contribution is -1.85. The molecule has 0 N–H and O–H groups in total. The van der Waals surface area contributed by atoms with Gasteiger partial charge in [0.15, 0.2) is 0 Å². The highest BCUT2D eigenvalue weighted by Gasteiger charge is 2.08. The van der Waals surface area contributed by atoms with Crippen LogP contribution >= 0.6 is 46.3 Å². The highest BCUT2D eigenvalue weighted by molar-refractivity contribution is 14.2. The van der Waals surface area contributed by atoms with E-state index in [1.54, 1.807) is 9.12 Å². The zero-order chi connectivity index (χ0) is 10.1. The molecule has 1 nitrogen and oxygen atoms in total. The van der Waals surface area contributed by atoms with E-state index in [-0.39, 0.29) is 0 Å². The molecular weight excluding hydrogens is 373 g/mol. The molecule has 2 aromatic rings. The second kappa shape index (κ2) is 4.45. The first-order valence-corrected chi connectivity index (χ1v) is 8.50. The molecule has 14 heavy (non-hydrogen) atoms. The molecule has 2 rings (SSSR count). The van der Waals surface area contributed by atoms with Crippen molar-refractivity contribution in [1.29, 1.82) is 0 Å². The zero-order valence-electron chi connectivity index (χ0n) is 7.58. The predicted octanol–water partition coefficient (Wildman–Crippen LogP) is 4.94. The Morgan fingerprint density at radius 2 is 2.21 bits per heavy atom. The Kier molecular flexibility index (Phi) is 3.44. The molecule has 74 valence electrons. The second-order valence-electron chi connectivity index (χ2n) is 3.11. The van der Waals surface area contributed by atoms with Crippen molar-refractivity contribution in [1.82, 2.24) is 3.97 Å². The minimum absolute atomic E-state index is 0.404. The van der Waals surface area contributed by atoms with E-state index in [0.717, 1.165) is 0 Å². The third kappa shape index (κ3) is 1.84. The third-order valence-electron chi connectivity index (χ3n) is 2.23. The molecule has 1 heterocycles. The average Bonchev–Trinajstić information content (AvgIpc) is 2.59. The van der Waals surface area contributed by atoms with Crippen molar-refractivity contribution in [2.24, 2.45) is 0 Å². The van der Waals surface area contributed by atoms with Crippen molar-refractivity contribution in [2.45, 2.75) is 11.8 Å². The van der Waals surface area contributed by atoms with Gasteiger partial charge in [-0.25, -0.2) is 0 Å². The Labute approximate surface area is 108 Å². The van der Waals surface area contributed by atoms with Gasteiger partial charge in [-0.2, -0.15) is 0 Å². The first-order chi connectivity index (χ1) is 6.74. The zero-order valence-corrected chi connectivity index (χ0v) is 12.1. The number of benzene rings is 1. The van der Waals surface area contributed by atoms with Gasteiger partial charge in [0.2, 0.25) is 0 Å². The summed E-state index contributed by atoms with van der Waals surface area (Å²) in [6, 6.07) is 8.61. The molecule has 4 heteroatoms. The molecule has 0 aliphatic rings. The van der Waals surface area contributed by atoms with Gasteiger partial charge in [0.1, 0.15) is 0 Å². The molecule has 0 aliphatic carbocycles. The summed E-state index contributed by atoms with van der Waals surface area (Å²) >= 11 is 5.91. The van der Waals surface area contributed by atoms with Gasteiger partial charge in [0.25, 0.3) is 0 Å². The van der Waals surface area contributed by atoms with Gasteiger partial charge in [0, 0.05) is 46.7 Å². The fourth-order valence-corrected chi connectivity index (χ4v) is 3.34. The second-order valence-corrected chi connectivity index (χ2v) is 6.19. The van der Waals surface area contributed by atoms with Crippen molar-refractivity contribution in [2.75, 3.05) is 0 Å². The summed E-state index contributed by atoms with van der Waals surface area (Å²) < 4.78 is 2.18. The molecule has 0 saturated carbocycles. The molecule has 0 spiro atoms. The Morgan fingerprint density at radius 1 is 1.43 bits per heavy atom. The van der Waals surface area contributed by atoms with Crippen LogP contribution in [-0.4, -0.2) is 3.97 Å². The van der Waals surface area contributed by atoms with E-state index >= 15 is 0 Å². The van der Waals surface area contributed by atoms with Gasteiger partial charge in [-0.15, -0.1) is 0 Å². The minimum atomic E-state index is 0.404. The topological polar surface area (TPSA) is 4.93 Å². The SMILES string of the molecule is CC(Br)c1cccc2c1ccn2SI. The van der Waals surface area contributed by atoms with Crippen LogP contribution in [0.25, 0.3) is 10.9 Å². The molecule has 1 unspecified atom stereocenters. The van der Waals surface area contributed by atoms with E-state index in [1.807, 2.05) is 0 Å². The molecule has 1 aromatic heterocycles. The van der Waals surface area contributed by atoms with Crippen LogP contribution in [0.3, 0.4) is 0 Å². The molecule has 0 radical (unpaired) electrons. The quantitative estimate of drug-likeness (QED) is 0.526. The van der Waals surface area contributed by atoms with Crippen LogP contribution in [0.1, 0.15) is 17.3 Å². The third-order valence-corrected chi connectivity index (χ3v) is 4.47. The number of rotatable bonds is 2. The van der Waals surface area contributed by atoms with E-state index < -0.39 is 0 Å². The summed E-state index contributed by atoms with van der Waals surface area (Å²) in [6.07, 6.45) is 2.11. The van der Waals surface area contributed by atoms with Crippen LogP contribution < -0.4 is 0 Å². The van der Waals surface area contributed by atoms with E-state index in [4.69, 9.17) is 0 Å². The van der Waals surface area contributed by atoms with Crippen molar-refractivity contribution in [3.05, 3.63) is 36.0 Å². The Balaban J connectivity index is 2.70. The van der Waals surface area contributed by atoms with Gasteiger partial charge < -0.3 is 0 Å². The van der Waals surface area contributed by atoms with E-state index in [1.165, 1.54) is 16.5 Å². The van der Waals surface area contributed by atoms with Crippen LogP contribution in [0.15, 0.2) is 30.5 Å². The summed E-state index contributed by atoms with van der Waals surface area (Å²) in [6.45, 7) is 2.16. The number of alkyl halides is 1. The summed E-state index contributed by atoms with van der Waals surface area (Å²) in [7, 11) is 1.70. The van der Waals surface area contributed by atoms with Gasteiger partial charge in [-0.05, 0) is 24.6 Å². The largest absolute Gasteiger partial charge is 0.283 e. The number of aromatic nitrogens is 1. The number of halogens is 2. The Hall–Kier alpha value is 0.320. The summed E-state index contributed by atoms with van der Waals surface area (Å²) in [4.78, 5) is 0.404. The molecule has 0 amide bonds. The molecular formula is C10H9BrINS. The first-order valence-electron chi connectivity index (χ1n) is 4.27. The molecule has 0 fully saturated rings. The maximum atomic E-state index is 3.62. The van der Waals surface area contributed by atoms with Crippen LogP contribution in [0.2, 0.25) is 0 Å². The first kappa shape index (κ1) is 10.8. The molecule has 0 saturated heterocycles. The number of nitrogens with zero attached hydrogens (tertiary/aromatic N) is 1. The van der Waals surface area contributed by atoms with Crippen molar-refractivity contribution < 1.29 is 0 Å². The maximum absolute atomic E-state index is 3.62. The lowest BCUT2D eigenvalue weighted by molar-refractivity contribution is 1.14. The smallest absolute Gasteiger partial charge is 0.0601 e. The molecule has 0 aliphatic heterocycles. The summed E-state index contributed by atoms with van der Waals surface area (Å²) in [5, 5.41) is 1.33. The fraction of sp³-hybridized carbons (Fsp3) is 0.200. The summed E-state index contributed by atoms with van der Waals surface area (Å²) in [5.41, 5.74) is 2.64. The fourth-order valence-electron chi connectivity index (χ4n) is 1.57. The van der Waals surface area contributed by atoms with Crippen LogP contribution in [-0.2, 0) is 0 Å². The van der Waals surface area contributed by atoms with Crippen molar-refractivity contribution >= 4 is 57.2 Å². The predicted molar refractivity (Wildman–Crippen MR) is 76.3 cm³/mol. The monoisotopic (exact) mass is 381 g/mol. The Bertz CT molecular complexity index is 452. The number of hydrogen-bond donors (Lipinski definition) is 0. The summed E-state index contributed by atoms with van der Waals surface area (Å²) in [5.74, 6) is 0. The Morgan fingerprint density at radius 3 is 2.86 bits per heavy atom. The number of hydrogen-bond acceptors (Lipinski definition) is 1. The lowest BCUT2D eigenvalue weighted by Gasteiger charge is -2.05. The van der Waals surface area contributed by atoms with Gasteiger partial charge >= 0.3 is 0 Å². The highest BCUT2D eigenvalue weighted by atomic mass is 127. The lowest BCUT2D eigenvalue weighted by atomic mass is 10.1. The van der Waals surface area contributed by atoms with Gasteiger partial charge in [-0.1, -0.05) is 28.1 Å². The van der Waals surface area contributed by atoms with Crippen molar-refractivity contribution in [3.63, 3.8) is 0 Å². The standard InChI is InChI=1S/C10H9BrINS/c1-7(11)8-3-2-4-10-9(8)5-6-13(10)14-12/h2-7H,1H3. The normalized spacial score (nSPS) is 13.4. The van der Waals surface area contributed by atoms with Gasteiger partial charge in [0.05, 0.1) is 5.52 Å². The van der Waals surface area contributed by atoms with E-state index in [0.29, 0.717) is 4.83 Å². The van der Waals surface area contributed by atoms with Crippen LogP contribution in [0, 0.1) is 0 Å². The van der Waals surface area contributed by atoms with Crippen LogP contribution in [0.5, 0.6) is 0 Å². The average molecular weight is 382 g/mol. The maximum Gasteiger partial charge on any atom is 0.0601 e. The minimum Gasteiger partial charge on any atom is -0.283 e. The van der Waals surface area contributed by atoms with E-state index in [2.05, 4.69) is 78.5 Å². The molecule has 1 atom stereocenters. The highest BCUT2D eigenvalue weighted by Crippen LogP contribution is 2.32.